The van der Waals surface area contributed by atoms with Gasteiger partial charge in [0.15, 0.2) is 11.5 Å². The highest BCUT2D eigenvalue weighted by Crippen LogP contribution is 2.35. The van der Waals surface area contributed by atoms with Crippen LogP contribution >= 0.6 is 0 Å². The summed E-state index contributed by atoms with van der Waals surface area (Å²) in [6, 6.07) is 12.8. The fourth-order valence-corrected chi connectivity index (χ4v) is 3.01. The minimum atomic E-state index is -0.374. The molecule has 0 bridgehead atoms. The number of allylic oxidation sites excluding steroid dienone is 1. The standard InChI is InChI=1S/C20H15NO4/c21-12-15(11-13-4-5-17-14(10-13)6-7-23-17)19(22)16-2-1-3-18-20(16)25-9-8-24-18/h1-5,10-11H,6-9H2/b15-11+. The third-order valence-electron chi connectivity index (χ3n) is 4.20. The van der Waals surface area contributed by atoms with E-state index >= 15 is 0 Å². The van der Waals surface area contributed by atoms with Crippen LogP contribution in [0.25, 0.3) is 6.08 Å². The molecule has 0 amide bonds. The maximum Gasteiger partial charge on any atom is 0.207 e. The van der Waals surface area contributed by atoms with Crippen LogP contribution in [0.3, 0.4) is 0 Å². The molecule has 4 rings (SSSR count). The van der Waals surface area contributed by atoms with Gasteiger partial charge >= 0.3 is 0 Å². The van der Waals surface area contributed by atoms with Gasteiger partial charge < -0.3 is 14.2 Å². The van der Waals surface area contributed by atoms with Crippen molar-refractivity contribution in [1.29, 1.82) is 5.26 Å². The highest BCUT2D eigenvalue weighted by molar-refractivity contribution is 6.15. The first-order chi connectivity index (χ1) is 12.3. The van der Waals surface area contributed by atoms with Crippen LogP contribution in [-0.2, 0) is 6.42 Å². The van der Waals surface area contributed by atoms with Crippen LogP contribution in [0.2, 0.25) is 0 Å². The molecule has 5 nitrogen and oxygen atoms in total. The number of carbonyl (C=O) groups is 1. The van der Waals surface area contributed by atoms with Crippen molar-refractivity contribution in [3.63, 3.8) is 0 Å². The molecule has 2 aliphatic heterocycles. The summed E-state index contributed by atoms with van der Waals surface area (Å²) in [4.78, 5) is 12.8. The summed E-state index contributed by atoms with van der Waals surface area (Å²) in [5.41, 5.74) is 2.29. The van der Waals surface area contributed by atoms with E-state index in [0.29, 0.717) is 36.9 Å². The topological polar surface area (TPSA) is 68.5 Å². The van der Waals surface area contributed by atoms with E-state index in [9.17, 15) is 10.1 Å². The third kappa shape index (κ3) is 2.83. The molecule has 124 valence electrons. The van der Waals surface area contributed by atoms with Gasteiger partial charge in [-0.15, -0.1) is 0 Å². The zero-order valence-electron chi connectivity index (χ0n) is 13.5. The molecule has 2 aromatic carbocycles. The lowest BCUT2D eigenvalue weighted by Gasteiger charge is -2.20. The van der Waals surface area contributed by atoms with Crippen LogP contribution in [-0.4, -0.2) is 25.6 Å². The van der Waals surface area contributed by atoms with Gasteiger partial charge in [-0.3, -0.25) is 4.79 Å². The van der Waals surface area contributed by atoms with E-state index in [4.69, 9.17) is 14.2 Å². The molecule has 0 N–H and O–H groups in total. The number of para-hydroxylation sites is 1. The van der Waals surface area contributed by atoms with Gasteiger partial charge in [0.2, 0.25) is 5.78 Å². The van der Waals surface area contributed by atoms with Gasteiger partial charge in [-0.2, -0.15) is 5.26 Å². The molecule has 0 unspecified atom stereocenters. The van der Waals surface area contributed by atoms with E-state index in [2.05, 4.69) is 0 Å². The predicted molar refractivity (Wildman–Crippen MR) is 91.0 cm³/mol. The van der Waals surface area contributed by atoms with Gasteiger partial charge in [0.05, 0.1) is 12.2 Å². The number of ether oxygens (including phenoxy) is 3. The molecule has 0 atom stereocenters. The van der Waals surface area contributed by atoms with Crippen LogP contribution in [0.1, 0.15) is 21.5 Å². The Morgan fingerprint density at radius 2 is 1.88 bits per heavy atom. The van der Waals surface area contributed by atoms with Crippen LogP contribution in [0, 0.1) is 11.3 Å². The van der Waals surface area contributed by atoms with Crippen molar-refractivity contribution in [2.24, 2.45) is 0 Å². The summed E-state index contributed by atoms with van der Waals surface area (Å²) >= 11 is 0. The largest absolute Gasteiger partial charge is 0.493 e. The monoisotopic (exact) mass is 333 g/mol. The van der Waals surface area contributed by atoms with Gasteiger partial charge in [0, 0.05) is 6.42 Å². The molecular formula is C20H15NO4. The van der Waals surface area contributed by atoms with Crippen molar-refractivity contribution in [3.8, 4) is 23.3 Å². The lowest BCUT2D eigenvalue weighted by molar-refractivity contribution is 0.102. The summed E-state index contributed by atoms with van der Waals surface area (Å²) in [7, 11) is 0. The van der Waals surface area contributed by atoms with Crippen molar-refractivity contribution in [2.45, 2.75) is 6.42 Å². The fourth-order valence-electron chi connectivity index (χ4n) is 3.01. The number of carbonyl (C=O) groups excluding carboxylic acids is 1. The molecule has 0 aliphatic carbocycles. The molecule has 0 radical (unpaired) electrons. The molecule has 0 saturated carbocycles. The zero-order chi connectivity index (χ0) is 17.2. The van der Waals surface area contributed by atoms with Crippen LogP contribution in [0.15, 0.2) is 42.0 Å². The second kappa shape index (κ2) is 6.33. The number of Topliss-reactive ketones (excluding diaryl/α,β-unsaturated/α-hetero) is 1. The molecule has 0 saturated heterocycles. The first-order valence-corrected chi connectivity index (χ1v) is 8.07. The Balaban J connectivity index is 1.70. The molecule has 0 spiro atoms. The average Bonchev–Trinajstić information content (AvgIpc) is 3.13. The van der Waals surface area contributed by atoms with Gasteiger partial charge in [0.25, 0.3) is 0 Å². The van der Waals surface area contributed by atoms with Gasteiger partial charge in [0.1, 0.15) is 30.6 Å². The van der Waals surface area contributed by atoms with E-state index in [-0.39, 0.29) is 11.4 Å². The lowest BCUT2D eigenvalue weighted by atomic mass is 9.99. The summed E-state index contributed by atoms with van der Waals surface area (Å²) < 4.78 is 16.6. The minimum Gasteiger partial charge on any atom is -0.493 e. The Morgan fingerprint density at radius 1 is 1.04 bits per heavy atom. The maximum atomic E-state index is 12.8. The minimum absolute atomic E-state index is 0.0569. The molecule has 2 heterocycles. The molecule has 2 aromatic rings. The predicted octanol–water partition coefficient (Wildman–Crippen LogP) is 3.18. The van der Waals surface area contributed by atoms with Gasteiger partial charge in [-0.05, 0) is 41.5 Å². The average molecular weight is 333 g/mol. The Bertz CT molecular complexity index is 924. The van der Waals surface area contributed by atoms with Crippen molar-refractivity contribution < 1.29 is 19.0 Å². The van der Waals surface area contributed by atoms with Crippen molar-refractivity contribution in [3.05, 3.63) is 58.7 Å². The van der Waals surface area contributed by atoms with E-state index in [1.807, 2.05) is 24.3 Å². The highest BCUT2D eigenvalue weighted by Gasteiger charge is 2.23. The summed E-state index contributed by atoms with van der Waals surface area (Å²) in [6.07, 6.45) is 2.44. The molecule has 25 heavy (non-hydrogen) atoms. The summed E-state index contributed by atoms with van der Waals surface area (Å²) in [5.74, 6) is 1.43. The first-order valence-electron chi connectivity index (χ1n) is 8.07. The molecular weight excluding hydrogens is 318 g/mol. The van der Waals surface area contributed by atoms with Crippen molar-refractivity contribution in [2.75, 3.05) is 19.8 Å². The second-order valence-electron chi connectivity index (χ2n) is 5.79. The van der Waals surface area contributed by atoms with E-state index in [1.54, 1.807) is 24.3 Å². The van der Waals surface area contributed by atoms with Crippen molar-refractivity contribution >= 4 is 11.9 Å². The van der Waals surface area contributed by atoms with Crippen LogP contribution < -0.4 is 14.2 Å². The van der Waals surface area contributed by atoms with Crippen LogP contribution in [0.5, 0.6) is 17.2 Å². The lowest BCUT2D eigenvalue weighted by Crippen LogP contribution is -2.18. The summed E-state index contributed by atoms with van der Waals surface area (Å²) in [6.45, 7) is 1.50. The third-order valence-corrected chi connectivity index (χ3v) is 4.20. The van der Waals surface area contributed by atoms with E-state index < -0.39 is 0 Å². The number of benzene rings is 2. The number of nitrogens with zero attached hydrogens (tertiary/aromatic N) is 1. The summed E-state index contributed by atoms with van der Waals surface area (Å²) in [5, 5.41) is 9.48. The first kappa shape index (κ1) is 15.3. The number of rotatable bonds is 3. The zero-order valence-corrected chi connectivity index (χ0v) is 13.5. The Labute approximate surface area is 145 Å². The second-order valence-corrected chi connectivity index (χ2v) is 5.79. The molecule has 5 heteroatoms. The van der Waals surface area contributed by atoms with E-state index in [0.717, 1.165) is 23.3 Å². The quantitative estimate of drug-likeness (QED) is 0.490. The number of hydrogen-bond acceptors (Lipinski definition) is 5. The van der Waals surface area contributed by atoms with Gasteiger partial charge in [-0.25, -0.2) is 0 Å². The normalized spacial score (nSPS) is 15.1. The SMILES string of the molecule is N#C/C(=C\c1ccc2c(c1)CCO2)C(=O)c1cccc2c1OCCO2. The van der Waals surface area contributed by atoms with Gasteiger partial charge in [-0.1, -0.05) is 12.1 Å². The Hall–Kier alpha value is -3.26. The number of hydrogen-bond donors (Lipinski definition) is 0. The number of fused-ring (bicyclic) bond motifs is 2. The molecule has 2 aliphatic rings. The highest BCUT2D eigenvalue weighted by atomic mass is 16.6. The molecule has 0 fully saturated rings. The number of ketones is 1. The Kier molecular flexibility index (Phi) is 3.87. The smallest absolute Gasteiger partial charge is 0.207 e. The molecule has 0 aromatic heterocycles. The number of nitriles is 1. The van der Waals surface area contributed by atoms with Crippen molar-refractivity contribution in [1.82, 2.24) is 0 Å². The Morgan fingerprint density at radius 3 is 2.76 bits per heavy atom. The van der Waals surface area contributed by atoms with E-state index in [1.165, 1.54) is 0 Å². The van der Waals surface area contributed by atoms with Crippen LogP contribution in [0.4, 0.5) is 0 Å². The fraction of sp³-hybridized carbons (Fsp3) is 0.200. The maximum absolute atomic E-state index is 12.8.